The molecule has 0 fully saturated rings. The highest BCUT2D eigenvalue weighted by atomic mass is 79.9. The quantitative estimate of drug-likeness (QED) is 0.277. The van der Waals surface area contributed by atoms with Gasteiger partial charge in [-0.2, -0.15) is 0 Å². The molecule has 27 heavy (non-hydrogen) atoms. The van der Waals surface area contributed by atoms with Crippen LogP contribution in [0.3, 0.4) is 0 Å². The normalized spacial score (nSPS) is 11.3. The summed E-state index contributed by atoms with van der Waals surface area (Å²) < 4.78 is 2.98. The molecule has 0 aliphatic rings. The molecule has 0 amide bonds. The van der Waals surface area contributed by atoms with Gasteiger partial charge in [-0.05, 0) is 60.7 Å². The van der Waals surface area contributed by atoms with Gasteiger partial charge in [0.2, 0.25) is 0 Å². The summed E-state index contributed by atoms with van der Waals surface area (Å²) in [5, 5.41) is 0.606. The van der Waals surface area contributed by atoms with Gasteiger partial charge < -0.3 is 0 Å². The lowest BCUT2D eigenvalue weighted by Gasteiger charge is -2.01. The molecule has 0 spiro atoms. The van der Waals surface area contributed by atoms with Crippen molar-refractivity contribution in [2.24, 2.45) is 0 Å². The summed E-state index contributed by atoms with van der Waals surface area (Å²) in [5.74, 6) is -0.0840. The monoisotopic (exact) mass is 436 g/mol. The van der Waals surface area contributed by atoms with E-state index in [-0.39, 0.29) is 5.78 Å². The summed E-state index contributed by atoms with van der Waals surface area (Å²) in [5.41, 5.74) is 4.09. The maximum absolute atomic E-state index is 12.5. The number of pyridine rings is 1. The Morgan fingerprint density at radius 2 is 1.74 bits per heavy atom. The number of hydrogen-bond acceptors (Lipinski definition) is 2. The van der Waals surface area contributed by atoms with Crippen LogP contribution in [0.15, 0.2) is 83.5 Å². The number of benzene rings is 2. The fourth-order valence-corrected chi connectivity index (χ4v) is 3.25. The van der Waals surface area contributed by atoms with Gasteiger partial charge in [-0.1, -0.05) is 45.7 Å². The first-order chi connectivity index (χ1) is 13.1. The summed E-state index contributed by atoms with van der Waals surface area (Å²) in [6, 6.07) is 20.7. The first-order valence-corrected chi connectivity index (χ1v) is 9.50. The number of allylic oxidation sites excluding steroid dienone is 1. The van der Waals surface area contributed by atoms with Crippen LogP contribution in [-0.4, -0.2) is 15.2 Å². The number of imidazole rings is 1. The number of hydrogen-bond donors (Lipinski definition) is 0. The minimum Gasteiger partial charge on any atom is -0.300 e. The fourth-order valence-electron chi connectivity index (χ4n) is 2.86. The van der Waals surface area contributed by atoms with Crippen molar-refractivity contribution in [3.05, 3.63) is 99.8 Å². The van der Waals surface area contributed by atoms with Crippen LogP contribution in [0.4, 0.5) is 0 Å². The van der Waals surface area contributed by atoms with Crippen molar-refractivity contribution in [2.75, 3.05) is 0 Å². The minimum absolute atomic E-state index is 0.0840. The lowest BCUT2D eigenvalue weighted by molar-refractivity contribution is 0.104. The Balaban J connectivity index is 1.77. The Hall–Kier alpha value is -2.69. The van der Waals surface area contributed by atoms with Crippen molar-refractivity contribution >= 4 is 45.0 Å². The average Bonchev–Trinajstić information content (AvgIpc) is 3.06. The topological polar surface area (TPSA) is 34.4 Å². The fraction of sp³-hybridized carbons (Fsp3) is 0. The largest absolute Gasteiger partial charge is 0.300 e. The van der Waals surface area contributed by atoms with Gasteiger partial charge in [0.1, 0.15) is 5.65 Å². The zero-order valence-corrected chi connectivity index (χ0v) is 16.5. The van der Waals surface area contributed by atoms with Gasteiger partial charge in [-0.3, -0.25) is 9.20 Å². The number of fused-ring (bicyclic) bond motifs is 1. The zero-order chi connectivity index (χ0) is 18.8. The zero-order valence-electron chi connectivity index (χ0n) is 14.1. The summed E-state index contributed by atoms with van der Waals surface area (Å²) in [7, 11) is 0. The van der Waals surface area contributed by atoms with Gasteiger partial charge in [-0.15, -0.1) is 0 Å². The SMILES string of the molecule is O=C(/C=C/c1c(-c2ccc(Br)cc2)nc2ccccn12)c1ccc(Cl)cc1. The van der Waals surface area contributed by atoms with E-state index in [0.717, 1.165) is 27.1 Å². The highest BCUT2D eigenvalue weighted by Gasteiger charge is 2.12. The smallest absolute Gasteiger partial charge is 0.185 e. The summed E-state index contributed by atoms with van der Waals surface area (Å²) in [6.07, 6.45) is 5.33. The van der Waals surface area contributed by atoms with E-state index in [1.165, 1.54) is 0 Å². The Morgan fingerprint density at radius 1 is 1.00 bits per heavy atom. The predicted octanol–water partition coefficient (Wildman–Crippen LogP) is 6.31. The van der Waals surface area contributed by atoms with E-state index in [0.29, 0.717) is 10.6 Å². The molecule has 3 nitrogen and oxygen atoms in total. The van der Waals surface area contributed by atoms with E-state index in [9.17, 15) is 4.79 Å². The second kappa shape index (κ2) is 7.51. The van der Waals surface area contributed by atoms with Crippen LogP contribution in [0, 0.1) is 0 Å². The maximum atomic E-state index is 12.5. The average molecular weight is 438 g/mol. The molecule has 0 saturated carbocycles. The molecule has 2 heterocycles. The van der Waals surface area contributed by atoms with Crippen molar-refractivity contribution < 1.29 is 4.79 Å². The molecule has 0 N–H and O–H groups in total. The molecular formula is C22H14BrClN2O. The second-order valence-electron chi connectivity index (χ2n) is 5.99. The highest BCUT2D eigenvalue weighted by molar-refractivity contribution is 9.10. The number of aromatic nitrogens is 2. The molecule has 0 radical (unpaired) electrons. The number of rotatable bonds is 4. The first-order valence-electron chi connectivity index (χ1n) is 8.33. The Morgan fingerprint density at radius 3 is 2.48 bits per heavy atom. The Labute approximate surface area is 170 Å². The number of carbonyl (C=O) groups is 1. The molecule has 0 atom stereocenters. The second-order valence-corrected chi connectivity index (χ2v) is 7.34. The third kappa shape index (κ3) is 3.72. The molecule has 0 unspecified atom stereocenters. The molecule has 0 saturated heterocycles. The van der Waals surface area contributed by atoms with E-state index in [1.807, 2.05) is 59.1 Å². The third-order valence-electron chi connectivity index (χ3n) is 4.21. The van der Waals surface area contributed by atoms with Crippen molar-refractivity contribution in [1.82, 2.24) is 9.38 Å². The van der Waals surface area contributed by atoms with E-state index in [1.54, 1.807) is 30.3 Å². The molecule has 5 heteroatoms. The minimum atomic E-state index is -0.0840. The number of carbonyl (C=O) groups excluding carboxylic acids is 1. The standard InChI is InChI=1S/C22H14BrClN2O/c23-17-8-4-16(5-9-17)22-19(26-14-2-1-3-21(26)25-22)12-13-20(27)15-6-10-18(24)11-7-15/h1-14H/b13-12+. The van der Waals surface area contributed by atoms with Crippen LogP contribution in [0.2, 0.25) is 5.02 Å². The summed E-state index contributed by atoms with van der Waals surface area (Å²) >= 11 is 9.35. The van der Waals surface area contributed by atoms with Crippen LogP contribution in [-0.2, 0) is 0 Å². The van der Waals surface area contributed by atoms with Crippen molar-refractivity contribution in [2.45, 2.75) is 0 Å². The van der Waals surface area contributed by atoms with Crippen molar-refractivity contribution in [3.8, 4) is 11.3 Å². The third-order valence-corrected chi connectivity index (χ3v) is 4.99. The summed E-state index contributed by atoms with van der Waals surface area (Å²) in [4.78, 5) is 17.3. The molecule has 2 aromatic carbocycles. The van der Waals surface area contributed by atoms with Crippen molar-refractivity contribution in [1.29, 1.82) is 0 Å². The molecule has 0 bridgehead atoms. The molecule has 132 valence electrons. The first kappa shape index (κ1) is 17.7. The molecule has 0 aliphatic heterocycles. The number of ketones is 1. The molecular weight excluding hydrogens is 424 g/mol. The summed E-state index contributed by atoms with van der Waals surface area (Å²) in [6.45, 7) is 0. The molecule has 2 aromatic heterocycles. The predicted molar refractivity (Wildman–Crippen MR) is 113 cm³/mol. The van der Waals surface area contributed by atoms with Crippen molar-refractivity contribution in [3.63, 3.8) is 0 Å². The molecule has 0 aliphatic carbocycles. The van der Waals surface area contributed by atoms with E-state index >= 15 is 0 Å². The van der Waals surface area contributed by atoms with Gasteiger partial charge in [-0.25, -0.2) is 4.98 Å². The number of nitrogens with zero attached hydrogens (tertiary/aromatic N) is 2. The van der Waals surface area contributed by atoms with E-state index in [4.69, 9.17) is 16.6 Å². The van der Waals surface area contributed by atoms with Crippen LogP contribution >= 0.6 is 27.5 Å². The Kier molecular flexibility index (Phi) is 4.92. The lowest BCUT2D eigenvalue weighted by atomic mass is 10.1. The van der Waals surface area contributed by atoms with Gasteiger partial charge in [0.15, 0.2) is 5.78 Å². The lowest BCUT2D eigenvalue weighted by Crippen LogP contribution is -1.94. The Bertz CT molecular complexity index is 1150. The van der Waals surface area contributed by atoms with Gasteiger partial charge in [0.05, 0.1) is 11.4 Å². The highest BCUT2D eigenvalue weighted by Crippen LogP contribution is 2.27. The molecule has 4 aromatic rings. The maximum Gasteiger partial charge on any atom is 0.185 e. The van der Waals surface area contributed by atoms with Crippen LogP contribution in [0.5, 0.6) is 0 Å². The molecule has 4 rings (SSSR count). The van der Waals surface area contributed by atoms with Crippen LogP contribution in [0.25, 0.3) is 23.0 Å². The van der Waals surface area contributed by atoms with Gasteiger partial charge in [0.25, 0.3) is 0 Å². The number of halogens is 2. The van der Waals surface area contributed by atoms with E-state index < -0.39 is 0 Å². The van der Waals surface area contributed by atoms with E-state index in [2.05, 4.69) is 15.9 Å². The van der Waals surface area contributed by atoms with Crippen LogP contribution in [0.1, 0.15) is 16.1 Å². The van der Waals surface area contributed by atoms with Crippen LogP contribution < -0.4 is 0 Å². The van der Waals surface area contributed by atoms with Gasteiger partial charge >= 0.3 is 0 Å². The van der Waals surface area contributed by atoms with Gasteiger partial charge in [0, 0.05) is 26.8 Å².